The lowest BCUT2D eigenvalue weighted by Crippen LogP contribution is -2.73. The molecule has 1 fully saturated rings. The van der Waals surface area contributed by atoms with E-state index in [0.29, 0.717) is 6.10 Å². The van der Waals surface area contributed by atoms with E-state index < -0.39 is 0 Å². The highest BCUT2D eigenvalue weighted by atomic mass is 16.5. The van der Waals surface area contributed by atoms with E-state index >= 15 is 0 Å². The van der Waals surface area contributed by atoms with Crippen LogP contribution in [0.5, 0.6) is 0 Å². The van der Waals surface area contributed by atoms with Gasteiger partial charge in [-0.2, -0.15) is 0 Å². The van der Waals surface area contributed by atoms with Crippen LogP contribution in [0.2, 0.25) is 0 Å². The molecule has 1 aliphatic carbocycles. The van der Waals surface area contributed by atoms with Crippen molar-refractivity contribution in [1.82, 2.24) is 5.32 Å². The Morgan fingerprint density at radius 2 is 2.07 bits per heavy atom. The molecule has 0 aromatic rings. The Hall–Kier alpha value is -0.120. The topological polar surface area (TPSA) is 47.3 Å². The van der Waals surface area contributed by atoms with Crippen LogP contribution in [-0.2, 0) is 4.74 Å². The first-order chi connectivity index (χ1) is 6.48. The van der Waals surface area contributed by atoms with Crippen molar-refractivity contribution in [2.45, 2.75) is 45.8 Å². The average molecular weight is 200 g/mol. The molecule has 3 N–H and O–H groups in total. The second-order valence-corrected chi connectivity index (χ2v) is 4.81. The van der Waals surface area contributed by atoms with Crippen LogP contribution in [0, 0.1) is 5.41 Å². The molecule has 0 amide bonds. The first kappa shape index (κ1) is 12.0. The number of hydrogen-bond donors (Lipinski definition) is 2. The molecule has 2 atom stereocenters. The first-order valence-corrected chi connectivity index (χ1v) is 5.59. The van der Waals surface area contributed by atoms with Crippen molar-refractivity contribution in [3.8, 4) is 0 Å². The van der Waals surface area contributed by atoms with Gasteiger partial charge in [0, 0.05) is 24.1 Å². The smallest absolute Gasteiger partial charge is 0.0662 e. The van der Waals surface area contributed by atoms with Gasteiger partial charge in [-0.05, 0) is 19.9 Å². The van der Waals surface area contributed by atoms with E-state index in [1.54, 1.807) is 0 Å². The Balaban J connectivity index is 2.51. The molecule has 14 heavy (non-hydrogen) atoms. The van der Waals surface area contributed by atoms with E-state index in [0.717, 1.165) is 26.1 Å². The highest BCUT2D eigenvalue weighted by Gasteiger charge is 2.57. The zero-order valence-electron chi connectivity index (χ0n) is 9.89. The summed E-state index contributed by atoms with van der Waals surface area (Å²) in [5.74, 6) is 0. The van der Waals surface area contributed by atoms with Crippen molar-refractivity contribution in [2.24, 2.45) is 11.1 Å². The summed E-state index contributed by atoms with van der Waals surface area (Å²) >= 11 is 0. The normalized spacial score (nSPS) is 35.4. The molecule has 3 heteroatoms. The maximum Gasteiger partial charge on any atom is 0.0662 e. The lowest BCUT2D eigenvalue weighted by atomic mass is 9.54. The van der Waals surface area contributed by atoms with Crippen LogP contribution < -0.4 is 11.1 Å². The lowest BCUT2D eigenvalue weighted by Gasteiger charge is -2.59. The zero-order valence-corrected chi connectivity index (χ0v) is 9.89. The minimum absolute atomic E-state index is 0.0885. The molecule has 0 bridgehead atoms. The molecular formula is C11H24N2O. The first-order valence-electron chi connectivity index (χ1n) is 5.59. The van der Waals surface area contributed by atoms with Crippen LogP contribution in [0.3, 0.4) is 0 Å². The molecule has 3 nitrogen and oxygen atoms in total. The van der Waals surface area contributed by atoms with Crippen LogP contribution >= 0.6 is 0 Å². The lowest BCUT2D eigenvalue weighted by molar-refractivity contribution is -0.147. The van der Waals surface area contributed by atoms with Gasteiger partial charge in [-0.1, -0.05) is 20.8 Å². The van der Waals surface area contributed by atoms with Gasteiger partial charge in [0.15, 0.2) is 0 Å². The fourth-order valence-electron chi connectivity index (χ4n) is 2.16. The number of ether oxygens (including phenoxy) is 1. The van der Waals surface area contributed by atoms with Crippen molar-refractivity contribution in [3.05, 3.63) is 0 Å². The second-order valence-electron chi connectivity index (χ2n) is 4.81. The third-order valence-corrected chi connectivity index (χ3v) is 3.70. The Morgan fingerprint density at radius 3 is 2.50 bits per heavy atom. The van der Waals surface area contributed by atoms with Gasteiger partial charge in [0.05, 0.1) is 6.10 Å². The third-order valence-electron chi connectivity index (χ3n) is 3.70. The van der Waals surface area contributed by atoms with E-state index in [2.05, 4.69) is 26.1 Å². The van der Waals surface area contributed by atoms with Gasteiger partial charge in [-0.3, -0.25) is 0 Å². The van der Waals surface area contributed by atoms with Crippen LogP contribution in [0.25, 0.3) is 0 Å². The maximum absolute atomic E-state index is 6.34. The Labute approximate surface area is 87.4 Å². The highest BCUT2D eigenvalue weighted by Crippen LogP contribution is 2.49. The van der Waals surface area contributed by atoms with Gasteiger partial charge in [0.2, 0.25) is 0 Å². The Bertz CT molecular complexity index is 191. The number of nitrogens with two attached hydrogens (primary N) is 1. The second kappa shape index (κ2) is 4.17. The van der Waals surface area contributed by atoms with Crippen molar-refractivity contribution in [3.63, 3.8) is 0 Å². The summed E-state index contributed by atoms with van der Waals surface area (Å²) in [5.41, 5.74) is 6.34. The standard InChI is InChI=1S/C11H24N2O/c1-5-13-8-11(12)7-9(14-6-2)10(11,3)4/h9,13H,5-8,12H2,1-4H3. The average Bonchev–Trinajstić information content (AvgIpc) is 2.14. The number of hydrogen-bond acceptors (Lipinski definition) is 3. The van der Waals surface area contributed by atoms with Gasteiger partial charge in [-0.25, -0.2) is 0 Å². The maximum atomic E-state index is 6.34. The van der Waals surface area contributed by atoms with E-state index in [4.69, 9.17) is 10.5 Å². The van der Waals surface area contributed by atoms with Gasteiger partial charge in [-0.15, -0.1) is 0 Å². The van der Waals surface area contributed by atoms with Gasteiger partial charge < -0.3 is 15.8 Å². The highest BCUT2D eigenvalue weighted by molar-refractivity contribution is 5.14. The van der Waals surface area contributed by atoms with E-state index in [9.17, 15) is 0 Å². The molecular weight excluding hydrogens is 176 g/mol. The SMILES string of the molecule is CCNCC1(N)CC(OCC)C1(C)C. The van der Waals surface area contributed by atoms with Crippen molar-refractivity contribution >= 4 is 0 Å². The van der Waals surface area contributed by atoms with E-state index in [-0.39, 0.29) is 11.0 Å². The predicted octanol–water partition coefficient (Wildman–Crippen LogP) is 1.13. The summed E-state index contributed by atoms with van der Waals surface area (Å²) in [5, 5.41) is 3.33. The molecule has 84 valence electrons. The van der Waals surface area contributed by atoms with Gasteiger partial charge in [0.25, 0.3) is 0 Å². The van der Waals surface area contributed by atoms with Crippen LogP contribution in [0.15, 0.2) is 0 Å². The van der Waals surface area contributed by atoms with Crippen LogP contribution in [0.1, 0.15) is 34.1 Å². The summed E-state index contributed by atoms with van der Waals surface area (Å²) in [7, 11) is 0. The van der Waals surface area contributed by atoms with Crippen molar-refractivity contribution in [2.75, 3.05) is 19.7 Å². The molecule has 2 unspecified atom stereocenters. The van der Waals surface area contributed by atoms with E-state index in [1.807, 2.05) is 6.92 Å². The largest absolute Gasteiger partial charge is 0.378 e. The zero-order chi connectivity index (χ0) is 10.8. The molecule has 0 radical (unpaired) electrons. The molecule has 0 aliphatic heterocycles. The minimum atomic E-state index is -0.0944. The van der Waals surface area contributed by atoms with Crippen molar-refractivity contribution in [1.29, 1.82) is 0 Å². The molecule has 1 rings (SSSR count). The number of nitrogens with one attached hydrogen (secondary N) is 1. The third kappa shape index (κ3) is 1.81. The van der Waals surface area contributed by atoms with E-state index in [1.165, 1.54) is 0 Å². The summed E-state index contributed by atoms with van der Waals surface area (Å²) in [6.07, 6.45) is 1.30. The van der Waals surface area contributed by atoms with Crippen LogP contribution in [-0.4, -0.2) is 31.3 Å². The summed E-state index contributed by atoms with van der Waals surface area (Å²) < 4.78 is 5.66. The fraction of sp³-hybridized carbons (Fsp3) is 1.00. The fourth-order valence-corrected chi connectivity index (χ4v) is 2.16. The molecule has 0 aromatic carbocycles. The molecule has 1 aliphatic rings. The summed E-state index contributed by atoms with van der Waals surface area (Å²) in [6.45, 7) is 11.2. The monoisotopic (exact) mass is 200 g/mol. The van der Waals surface area contributed by atoms with Crippen molar-refractivity contribution < 1.29 is 4.74 Å². The van der Waals surface area contributed by atoms with Crippen LogP contribution in [0.4, 0.5) is 0 Å². The molecule has 0 aromatic heterocycles. The molecule has 0 heterocycles. The number of likely N-dealkylation sites (N-methyl/N-ethyl adjacent to an activating group) is 1. The molecule has 0 saturated heterocycles. The summed E-state index contributed by atoms with van der Waals surface area (Å²) in [6, 6.07) is 0. The summed E-state index contributed by atoms with van der Waals surface area (Å²) in [4.78, 5) is 0. The Morgan fingerprint density at radius 1 is 1.43 bits per heavy atom. The van der Waals surface area contributed by atoms with Gasteiger partial charge >= 0.3 is 0 Å². The predicted molar refractivity (Wildman–Crippen MR) is 59.3 cm³/mol. The Kier molecular flexibility index (Phi) is 3.56. The minimum Gasteiger partial charge on any atom is -0.378 e. The molecule has 0 spiro atoms. The molecule has 1 saturated carbocycles. The van der Waals surface area contributed by atoms with Gasteiger partial charge in [0.1, 0.15) is 0 Å². The quantitative estimate of drug-likeness (QED) is 0.699. The number of rotatable bonds is 5.